The number of carbonyl (C=O) groups excluding carboxylic acids is 1. The molecular weight excluding hydrogens is 482 g/mol. The number of nitrogens with zero attached hydrogens (tertiary/aromatic N) is 4. The first-order valence-electron chi connectivity index (χ1n) is 14.7. The largest absolute Gasteiger partial charge is 0.367 e. The first kappa shape index (κ1) is 34.3. The molecule has 0 atom stereocenters. The molecule has 3 rings (SSSR count). The second kappa shape index (κ2) is 18.6. The number of hydrogen-bond donors (Lipinski definition) is 1. The van der Waals surface area contributed by atoms with E-state index in [2.05, 4.69) is 82.1 Å². The van der Waals surface area contributed by atoms with E-state index in [0.717, 1.165) is 73.6 Å². The third-order valence-electron chi connectivity index (χ3n) is 6.37. The van der Waals surface area contributed by atoms with E-state index in [-0.39, 0.29) is 5.91 Å². The average molecular weight is 538 g/mol. The van der Waals surface area contributed by atoms with Gasteiger partial charge in [-0.15, -0.1) is 0 Å². The van der Waals surface area contributed by atoms with Gasteiger partial charge < -0.3 is 20.0 Å². The van der Waals surface area contributed by atoms with Crippen molar-refractivity contribution in [1.29, 1.82) is 0 Å². The topological polar surface area (TPSA) is 51.7 Å². The van der Waals surface area contributed by atoms with Crippen LogP contribution in [0.15, 0.2) is 42.0 Å². The number of benzene rings is 1. The van der Waals surface area contributed by atoms with Crippen LogP contribution in [-0.2, 0) is 6.42 Å². The van der Waals surface area contributed by atoms with Gasteiger partial charge >= 0.3 is 0 Å². The van der Waals surface area contributed by atoms with Gasteiger partial charge in [0.25, 0.3) is 5.91 Å². The van der Waals surface area contributed by atoms with E-state index in [0.29, 0.717) is 6.67 Å². The Kier molecular flexibility index (Phi) is 16.3. The van der Waals surface area contributed by atoms with Crippen LogP contribution in [0.5, 0.6) is 0 Å². The second-order valence-corrected chi connectivity index (χ2v) is 10.7. The van der Waals surface area contributed by atoms with Crippen LogP contribution < -0.4 is 5.32 Å². The van der Waals surface area contributed by atoms with Crippen LogP contribution in [0.1, 0.15) is 88.1 Å². The van der Waals surface area contributed by atoms with Crippen molar-refractivity contribution in [3.8, 4) is 0 Å². The predicted molar refractivity (Wildman–Crippen MR) is 170 cm³/mol. The molecule has 0 saturated carbocycles. The molecule has 0 unspecified atom stereocenters. The molecule has 0 spiro atoms. The van der Waals surface area contributed by atoms with Crippen molar-refractivity contribution in [2.75, 3.05) is 59.3 Å². The van der Waals surface area contributed by atoms with Crippen molar-refractivity contribution in [1.82, 2.24) is 19.7 Å². The highest BCUT2D eigenvalue weighted by Gasteiger charge is 2.25. The van der Waals surface area contributed by atoms with Crippen molar-refractivity contribution in [3.63, 3.8) is 0 Å². The van der Waals surface area contributed by atoms with Crippen LogP contribution in [0.3, 0.4) is 0 Å². The lowest BCUT2D eigenvalue weighted by molar-refractivity contribution is 0.0739. The Morgan fingerprint density at radius 1 is 1.03 bits per heavy atom. The molecule has 1 N–H and O–H groups in total. The number of aryl methyl sites for hydroxylation is 1. The molecule has 0 saturated heterocycles. The van der Waals surface area contributed by atoms with E-state index >= 15 is 0 Å². The van der Waals surface area contributed by atoms with Crippen LogP contribution in [0.25, 0.3) is 5.57 Å². The normalized spacial score (nSPS) is 13.1. The number of anilines is 1. The van der Waals surface area contributed by atoms with Crippen LogP contribution in [-0.4, -0.2) is 79.6 Å². The van der Waals surface area contributed by atoms with Gasteiger partial charge in [-0.05, 0) is 96.3 Å². The van der Waals surface area contributed by atoms with E-state index in [9.17, 15) is 4.79 Å². The first-order valence-corrected chi connectivity index (χ1v) is 14.7. The third kappa shape index (κ3) is 11.9. The molecule has 1 aliphatic rings. The molecule has 6 nitrogen and oxygen atoms in total. The summed E-state index contributed by atoms with van der Waals surface area (Å²) < 4.78 is 0. The Balaban J connectivity index is 0.000000975. The lowest BCUT2D eigenvalue weighted by atomic mass is 9.92. The predicted octanol–water partition coefficient (Wildman–Crippen LogP) is 6.97. The molecule has 2 aromatic rings. The summed E-state index contributed by atoms with van der Waals surface area (Å²) in [6.45, 7) is 19.3. The Morgan fingerprint density at radius 3 is 2.26 bits per heavy atom. The number of aromatic nitrogens is 1. The van der Waals surface area contributed by atoms with Crippen molar-refractivity contribution in [2.24, 2.45) is 0 Å². The molecule has 0 fully saturated rings. The summed E-state index contributed by atoms with van der Waals surface area (Å²) in [5.74, 6) is 0.121. The molecular formula is C33H55N5O. The minimum absolute atomic E-state index is 0.121. The summed E-state index contributed by atoms with van der Waals surface area (Å²) in [6, 6.07) is 12.4. The number of fused-ring (bicyclic) bond motifs is 1. The maximum atomic E-state index is 13.3. The summed E-state index contributed by atoms with van der Waals surface area (Å²) in [7, 11) is 6.00. The molecule has 1 amide bonds. The molecule has 1 aromatic heterocycles. The fraction of sp³-hybridized carbons (Fsp3) is 0.576. The maximum Gasteiger partial charge on any atom is 0.257 e. The summed E-state index contributed by atoms with van der Waals surface area (Å²) in [5, 5.41) is 3.44. The number of pyridine rings is 1. The molecule has 218 valence electrons. The smallest absolute Gasteiger partial charge is 0.257 e. The average Bonchev–Trinajstić information content (AvgIpc) is 2.90. The quantitative estimate of drug-likeness (QED) is 0.355. The van der Waals surface area contributed by atoms with Gasteiger partial charge in [0.05, 0.1) is 12.2 Å². The molecule has 1 aliphatic heterocycles. The summed E-state index contributed by atoms with van der Waals surface area (Å²) in [5.41, 5.74) is 7.50. The van der Waals surface area contributed by atoms with Gasteiger partial charge in [0.1, 0.15) is 0 Å². The van der Waals surface area contributed by atoms with Crippen molar-refractivity contribution < 1.29 is 4.79 Å². The minimum Gasteiger partial charge on any atom is -0.367 e. The van der Waals surface area contributed by atoms with Gasteiger partial charge in [-0.3, -0.25) is 9.78 Å². The number of nitrogens with one attached hydrogen (secondary N) is 1. The number of likely N-dealkylation sites (N-methyl/N-ethyl adjacent to an activating group) is 1. The SMILES string of the molecule is CCC.CCCN(CC)CCN1CNc2ccc(/C(Cc3cccc(C)n3)=C(/C)CC)cc2C1=O.CN(C)C. The molecule has 1 aromatic carbocycles. The van der Waals surface area contributed by atoms with Gasteiger partial charge in [0.2, 0.25) is 0 Å². The van der Waals surface area contributed by atoms with Gasteiger partial charge in [0, 0.05) is 36.6 Å². The van der Waals surface area contributed by atoms with Crippen molar-refractivity contribution in [3.05, 3.63) is 64.5 Å². The van der Waals surface area contributed by atoms with E-state index in [1.807, 2.05) is 43.9 Å². The minimum atomic E-state index is 0.121. The summed E-state index contributed by atoms with van der Waals surface area (Å²) in [6.07, 6.45) is 4.13. The Hall–Kier alpha value is -2.70. The van der Waals surface area contributed by atoms with E-state index in [4.69, 9.17) is 4.98 Å². The zero-order valence-electron chi connectivity index (χ0n) is 26.5. The highest BCUT2D eigenvalue weighted by Crippen LogP contribution is 2.30. The van der Waals surface area contributed by atoms with Gasteiger partial charge in [-0.25, -0.2) is 0 Å². The number of carbonyl (C=O) groups is 1. The Morgan fingerprint density at radius 2 is 1.69 bits per heavy atom. The second-order valence-electron chi connectivity index (χ2n) is 10.7. The standard InChI is InChI=1S/C27H38N4O.C3H9N.C3H8/c1-6-14-30(8-3)15-16-31-19-28-26-13-12-22(17-25(26)27(31)32)24(20(4)7-2)18-23-11-9-10-21(5)29-23;1-4(2)3;1-3-2/h9-13,17,28H,6-8,14-16,18-19H2,1-5H3;1-3H3;3H2,1-2H3/b24-20-;;. The highest BCUT2D eigenvalue weighted by atomic mass is 16.2. The number of hydrogen-bond acceptors (Lipinski definition) is 5. The van der Waals surface area contributed by atoms with E-state index < -0.39 is 0 Å². The molecule has 0 aliphatic carbocycles. The molecule has 39 heavy (non-hydrogen) atoms. The summed E-state index contributed by atoms with van der Waals surface area (Å²) in [4.78, 5) is 24.4. The maximum absolute atomic E-state index is 13.3. The fourth-order valence-corrected chi connectivity index (χ4v) is 4.26. The van der Waals surface area contributed by atoms with Crippen LogP contribution in [0.2, 0.25) is 0 Å². The van der Waals surface area contributed by atoms with Crippen LogP contribution in [0.4, 0.5) is 5.69 Å². The number of rotatable bonds is 10. The summed E-state index contributed by atoms with van der Waals surface area (Å²) >= 11 is 0. The highest BCUT2D eigenvalue weighted by molar-refractivity contribution is 6.02. The fourth-order valence-electron chi connectivity index (χ4n) is 4.26. The van der Waals surface area contributed by atoms with Crippen molar-refractivity contribution in [2.45, 2.75) is 74.1 Å². The lowest BCUT2D eigenvalue weighted by Gasteiger charge is -2.32. The zero-order chi connectivity index (χ0) is 29.4. The van der Waals surface area contributed by atoms with E-state index in [1.54, 1.807) is 0 Å². The van der Waals surface area contributed by atoms with Crippen LogP contribution >= 0.6 is 0 Å². The van der Waals surface area contributed by atoms with Crippen molar-refractivity contribution >= 4 is 17.2 Å². The Bertz CT molecular complexity index is 1030. The molecule has 0 radical (unpaired) electrons. The van der Waals surface area contributed by atoms with Gasteiger partial charge in [-0.1, -0.05) is 58.7 Å². The number of allylic oxidation sites excluding steroid dienone is 2. The Labute approximate surface area is 239 Å². The molecule has 0 bridgehead atoms. The zero-order valence-corrected chi connectivity index (χ0v) is 26.5. The van der Waals surface area contributed by atoms with E-state index in [1.165, 1.54) is 17.6 Å². The third-order valence-corrected chi connectivity index (χ3v) is 6.37. The number of amides is 1. The monoisotopic (exact) mass is 537 g/mol. The van der Waals surface area contributed by atoms with Gasteiger partial charge in [0.15, 0.2) is 0 Å². The van der Waals surface area contributed by atoms with Crippen LogP contribution in [0, 0.1) is 6.92 Å². The molecule has 2 heterocycles. The van der Waals surface area contributed by atoms with Gasteiger partial charge in [-0.2, -0.15) is 0 Å². The molecule has 6 heteroatoms. The first-order chi connectivity index (χ1) is 18.6. The lowest BCUT2D eigenvalue weighted by Crippen LogP contribution is -2.44.